The summed E-state index contributed by atoms with van der Waals surface area (Å²) in [6.45, 7) is 0. The number of allylic oxidation sites excluding steroid dienone is 2. The van der Waals surface area contributed by atoms with Gasteiger partial charge in [0.25, 0.3) is 0 Å². The van der Waals surface area contributed by atoms with Crippen molar-refractivity contribution in [1.82, 2.24) is 14.5 Å². The summed E-state index contributed by atoms with van der Waals surface area (Å²) in [6, 6.07) is 72.3. The van der Waals surface area contributed by atoms with Gasteiger partial charge < -0.3 is 9.47 Å². The third kappa shape index (κ3) is 5.60. The Morgan fingerprint density at radius 1 is 0.492 bits per heavy atom. The lowest BCUT2D eigenvalue weighted by Gasteiger charge is -2.35. The second kappa shape index (κ2) is 14.4. The molecule has 0 bridgehead atoms. The minimum atomic E-state index is -0.00358. The maximum absolute atomic E-state index is 5.49. The number of aromatic nitrogens is 3. The first-order valence-corrected chi connectivity index (χ1v) is 22.4. The number of hydrogen-bond donors (Lipinski definition) is 0. The van der Waals surface area contributed by atoms with E-state index >= 15 is 0 Å². The molecule has 0 spiro atoms. The van der Waals surface area contributed by atoms with Crippen molar-refractivity contribution in [2.45, 2.75) is 12.0 Å². The van der Waals surface area contributed by atoms with Gasteiger partial charge in [-0.1, -0.05) is 176 Å². The predicted molar refractivity (Wildman–Crippen MR) is 265 cm³/mol. The minimum absolute atomic E-state index is 0.00358. The molecule has 8 aromatic carbocycles. The van der Waals surface area contributed by atoms with E-state index in [-0.39, 0.29) is 12.0 Å². The summed E-state index contributed by atoms with van der Waals surface area (Å²) in [5.74, 6) is 0.784. The first-order valence-electron chi connectivity index (χ1n) is 21.6. The van der Waals surface area contributed by atoms with Gasteiger partial charge in [-0.2, -0.15) is 0 Å². The van der Waals surface area contributed by atoms with Crippen molar-refractivity contribution in [3.63, 3.8) is 0 Å². The van der Waals surface area contributed by atoms with Gasteiger partial charge in [0, 0.05) is 54.5 Å². The van der Waals surface area contributed by atoms with Crippen molar-refractivity contribution in [3.05, 3.63) is 224 Å². The normalized spacial score (nSPS) is 15.6. The summed E-state index contributed by atoms with van der Waals surface area (Å²) in [5.41, 5.74) is 16.0. The van der Waals surface area contributed by atoms with E-state index in [1.165, 1.54) is 49.1 Å². The number of anilines is 2. The molecular formula is C58H38N4S. The van der Waals surface area contributed by atoms with Crippen LogP contribution in [0.5, 0.6) is 0 Å². The van der Waals surface area contributed by atoms with Gasteiger partial charge in [-0.25, -0.2) is 9.97 Å². The van der Waals surface area contributed by atoms with Crippen LogP contribution >= 0.6 is 11.3 Å². The molecule has 63 heavy (non-hydrogen) atoms. The van der Waals surface area contributed by atoms with Crippen molar-refractivity contribution in [2.24, 2.45) is 0 Å². The van der Waals surface area contributed by atoms with Gasteiger partial charge in [0.15, 0.2) is 5.82 Å². The van der Waals surface area contributed by atoms with Crippen molar-refractivity contribution >= 4 is 70.5 Å². The zero-order chi connectivity index (χ0) is 41.4. The summed E-state index contributed by atoms with van der Waals surface area (Å²) in [4.78, 5) is 13.4. The standard InChI is InChI=1S/C58H38N4S/c1-4-19-37(20-5-1)45-35-40(54-57-55(44-28-13-17-34-52(44)63-57)60-58(59-54)39-23-8-3-9-24-39)36-46(38-21-6-2-7-22-38)56(45)62-49-31-16-12-27-43(49)53-50(32-18-33-51(53)62)61-47-29-14-10-25-41(47)42-26-11-15-30-48(42)61/h1-36,51,53H. The third-order valence-electron chi connectivity index (χ3n) is 12.9. The fourth-order valence-electron chi connectivity index (χ4n) is 10.3. The molecule has 0 N–H and O–H groups in total. The molecule has 4 heterocycles. The Bertz CT molecular complexity index is 3530. The van der Waals surface area contributed by atoms with Crippen LogP contribution < -0.4 is 4.90 Å². The third-order valence-corrected chi connectivity index (χ3v) is 14.1. The summed E-state index contributed by atoms with van der Waals surface area (Å²) in [5, 5.41) is 3.69. The molecule has 0 amide bonds. The zero-order valence-electron chi connectivity index (χ0n) is 34.1. The van der Waals surface area contributed by atoms with Crippen LogP contribution in [0.15, 0.2) is 218 Å². The molecule has 0 radical (unpaired) electrons. The molecule has 0 saturated heterocycles. The van der Waals surface area contributed by atoms with Gasteiger partial charge in [-0.05, 0) is 59.2 Å². The second-order valence-corrected chi connectivity index (χ2v) is 17.5. The highest BCUT2D eigenvalue weighted by Gasteiger charge is 2.43. The molecule has 13 rings (SSSR count). The van der Waals surface area contributed by atoms with E-state index in [0.29, 0.717) is 0 Å². The highest BCUT2D eigenvalue weighted by atomic mass is 32.1. The summed E-state index contributed by atoms with van der Waals surface area (Å²) in [7, 11) is 0. The van der Waals surface area contributed by atoms with E-state index in [2.05, 4.69) is 222 Å². The molecule has 1 aliphatic carbocycles. The lowest BCUT2D eigenvalue weighted by Crippen LogP contribution is -2.31. The number of nitrogens with zero attached hydrogens (tertiary/aromatic N) is 4. The molecule has 2 unspecified atom stereocenters. The smallest absolute Gasteiger partial charge is 0.160 e. The number of fused-ring (bicyclic) bond motifs is 9. The van der Waals surface area contributed by atoms with Crippen molar-refractivity contribution in [1.29, 1.82) is 0 Å². The van der Waals surface area contributed by atoms with Gasteiger partial charge in [0.1, 0.15) is 0 Å². The van der Waals surface area contributed by atoms with Crippen LogP contribution in [-0.4, -0.2) is 20.6 Å². The number of hydrogen-bond acceptors (Lipinski definition) is 4. The van der Waals surface area contributed by atoms with E-state index < -0.39 is 0 Å². The van der Waals surface area contributed by atoms with Crippen molar-refractivity contribution in [2.75, 3.05) is 4.90 Å². The Kier molecular flexibility index (Phi) is 8.18. The second-order valence-electron chi connectivity index (χ2n) is 16.4. The van der Waals surface area contributed by atoms with Gasteiger partial charge in [-0.3, -0.25) is 0 Å². The van der Waals surface area contributed by atoms with E-state index in [9.17, 15) is 0 Å². The zero-order valence-corrected chi connectivity index (χ0v) is 35.0. The lowest BCUT2D eigenvalue weighted by atomic mass is 9.87. The molecule has 0 saturated carbocycles. The first kappa shape index (κ1) is 35.9. The Morgan fingerprint density at radius 3 is 1.71 bits per heavy atom. The Balaban J connectivity index is 1.09. The van der Waals surface area contributed by atoms with Crippen molar-refractivity contribution in [3.8, 4) is 44.9 Å². The van der Waals surface area contributed by atoms with E-state index in [1.54, 1.807) is 11.3 Å². The number of para-hydroxylation sites is 3. The molecule has 4 nitrogen and oxygen atoms in total. The SMILES string of the molecule is C1=CC2C(C(n3c4ccccc4c4ccccc43)=C1)c1ccccc1N2c1c(-c2ccccc2)cc(-c2nc(-c3ccccc3)nc3c2sc2ccccc23)cc1-c1ccccc1. The van der Waals surface area contributed by atoms with E-state index in [0.717, 1.165) is 60.5 Å². The lowest BCUT2D eigenvalue weighted by molar-refractivity contribution is 0.737. The molecule has 3 aromatic heterocycles. The molecule has 2 atom stereocenters. The molecule has 2 aliphatic rings. The molecular weight excluding hydrogens is 785 g/mol. The number of rotatable bonds is 6. The average Bonchev–Trinajstić information content (AvgIpc) is 4.02. The quantitative estimate of drug-likeness (QED) is 0.168. The van der Waals surface area contributed by atoms with Crippen LogP contribution in [0, 0.1) is 0 Å². The van der Waals surface area contributed by atoms with Crippen molar-refractivity contribution < 1.29 is 0 Å². The molecule has 5 heteroatoms. The number of benzene rings is 8. The summed E-state index contributed by atoms with van der Waals surface area (Å²) < 4.78 is 4.80. The monoisotopic (exact) mass is 822 g/mol. The maximum atomic E-state index is 5.49. The largest absolute Gasteiger partial charge is 0.332 e. The molecule has 11 aromatic rings. The van der Waals surface area contributed by atoms with Gasteiger partial charge in [0.05, 0.1) is 44.6 Å². The maximum Gasteiger partial charge on any atom is 0.160 e. The first-order chi connectivity index (χ1) is 31.3. The van der Waals surface area contributed by atoms with Crippen LogP contribution in [0.2, 0.25) is 0 Å². The van der Waals surface area contributed by atoms with Crippen LogP contribution in [-0.2, 0) is 0 Å². The fraction of sp³-hybridized carbons (Fsp3) is 0.0345. The van der Waals surface area contributed by atoms with Crippen LogP contribution in [0.1, 0.15) is 11.5 Å². The minimum Gasteiger partial charge on any atom is -0.332 e. The van der Waals surface area contributed by atoms with Crippen LogP contribution in [0.25, 0.3) is 92.7 Å². The van der Waals surface area contributed by atoms with Gasteiger partial charge >= 0.3 is 0 Å². The Hall–Kier alpha value is -7.86. The predicted octanol–water partition coefficient (Wildman–Crippen LogP) is 15.3. The molecule has 296 valence electrons. The van der Waals surface area contributed by atoms with Crippen LogP contribution in [0.4, 0.5) is 11.4 Å². The van der Waals surface area contributed by atoms with E-state index in [1.807, 2.05) is 6.07 Å². The highest BCUT2D eigenvalue weighted by Crippen LogP contribution is 2.57. The Morgan fingerprint density at radius 2 is 1.05 bits per heavy atom. The summed E-state index contributed by atoms with van der Waals surface area (Å²) >= 11 is 1.77. The molecule has 1 aliphatic heterocycles. The number of thiophene rings is 1. The Labute approximate surface area is 369 Å². The summed E-state index contributed by atoms with van der Waals surface area (Å²) in [6.07, 6.45) is 7.04. The fourth-order valence-corrected chi connectivity index (χ4v) is 11.4. The highest BCUT2D eigenvalue weighted by molar-refractivity contribution is 7.26. The molecule has 0 fully saturated rings. The average molecular weight is 823 g/mol. The van der Waals surface area contributed by atoms with Crippen LogP contribution in [0.3, 0.4) is 0 Å². The topological polar surface area (TPSA) is 34.0 Å². The van der Waals surface area contributed by atoms with E-state index in [4.69, 9.17) is 9.97 Å². The van der Waals surface area contributed by atoms with Gasteiger partial charge in [0.2, 0.25) is 0 Å². The van der Waals surface area contributed by atoms with Gasteiger partial charge in [-0.15, -0.1) is 11.3 Å².